The highest BCUT2D eigenvalue weighted by Crippen LogP contribution is 2.26. The zero-order valence-corrected chi connectivity index (χ0v) is 16.3. The normalized spacial score (nSPS) is 18.8. The number of piperidine rings is 1. The van der Waals surface area contributed by atoms with Crippen molar-refractivity contribution in [1.29, 1.82) is 0 Å². The molecule has 2 aliphatic rings. The van der Waals surface area contributed by atoms with E-state index in [-0.39, 0.29) is 17.7 Å². The predicted octanol–water partition coefficient (Wildman–Crippen LogP) is 3.00. The number of rotatable bonds is 5. The summed E-state index contributed by atoms with van der Waals surface area (Å²) < 4.78 is 10.5. The number of carbonyl (C=O) groups is 2. The molecule has 1 heterocycles. The van der Waals surface area contributed by atoms with Crippen LogP contribution in [0.4, 0.5) is 0 Å². The Kier molecular flexibility index (Phi) is 6.58. The highest BCUT2D eigenvalue weighted by molar-refractivity contribution is 5.95. The minimum atomic E-state index is -0.0432. The van der Waals surface area contributed by atoms with Crippen LogP contribution in [0.3, 0.4) is 0 Å². The Morgan fingerprint density at radius 3 is 2.07 bits per heavy atom. The Bertz CT molecular complexity index is 640. The van der Waals surface area contributed by atoms with Crippen LogP contribution in [0.2, 0.25) is 0 Å². The molecule has 3 rings (SSSR count). The van der Waals surface area contributed by atoms with Gasteiger partial charge in [0.25, 0.3) is 5.91 Å². The number of likely N-dealkylation sites (tertiary alicyclic amines) is 1. The molecule has 0 radical (unpaired) electrons. The zero-order chi connectivity index (χ0) is 19.2. The Morgan fingerprint density at radius 2 is 1.52 bits per heavy atom. The first-order chi connectivity index (χ1) is 13.1. The van der Waals surface area contributed by atoms with Crippen LogP contribution in [0.15, 0.2) is 18.2 Å². The van der Waals surface area contributed by atoms with Gasteiger partial charge in [0.05, 0.1) is 14.2 Å². The lowest BCUT2D eigenvalue weighted by Gasteiger charge is -2.33. The maximum Gasteiger partial charge on any atom is 0.254 e. The first-order valence-electron chi connectivity index (χ1n) is 9.93. The van der Waals surface area contributed by atoms with Crippen molar-refractivity contribution < 1.29 is 19.1 Å². The fourth-order valence-corrected chi connectivity index (χ4v) is 4.02. The van der Waals surface area contributed by atoms with E-state index in [1.165, 1.54) is 19.3 Å². The van der Waals surface area contributed by atoms with Gasteiger partial charge in [-0.1, -0.05) is 19.3 Å². The summed E-state index contributed by atoms with van der Waals surface area (Å²) in [5.74, 6) is 1.32. The van der Waals surface area contributed by atoms with Crippen LogP contribution in [-0.4, -0.2) is 50.1 Å². The molecule has 148 valence electrons. The van der Waals surface area contributed by atoms with E-state index in [1.54, 1.807) is 32.4 Å². The number of nitrogens with one attached hydrogen (secondary N) is 1. The Morgan fingerprint density at radius 1 is 0.926 bits per heavy atom. The summed E-state index contributed by atoms with van der Waals surface area (Å²) in [6, 6.07) is 5.55. The summed E-state index contributed by atoms with van der Waals surface area (Å²) in [4.78, 5) is 27.2. The van der Waals surface area contributed by atoms with Crippen LogP contribution in [0.5, 0.6) is 11.5 Å². The first-order valence-corrected chi connectivity index (χ1v) is 9.93. The molecule has 2 fully saturated rings. The van der Waals surface area contributed by atoms with Crippen molar-refractivity contribution in [3.05, 3.63) is 23.8 Å². The number of ether oxygens (including phenoxy) is 2. The van der Waals surface area contributed by atoms with Crippen molar-refractivity contribution in [3.63, 3.8) is 0 Å². The second kappa shape index (κ2) is 9.11. The van der Waals surface area contributed by atoms with Crippen LogP contribution >= 0.6 is 0 Å². The highest BCUT2D eigenvalue weighted by atomic mass is 16.5. The summed E-state index contributed by atoms with van der Waals surface area (Å²) in [5, 5.41) is 3.22. The van der Waals surface area contributed by atoms with Gasteiger partial charge in [0.2, 0.25) is 5.91 Å². The molecule has 0 aromatic heterocycles. The van der Waals surface area contributed by atoms with Crippen LogP contribution in [0.25, 0.3) is 0 Å². The first kappa shape index (κ1) is 19.5. The van der Waals surface area contributed by atoms with E-state index in [1.807, 2.05) is 4.90 Å². The van der Waals surface area contributed by atoms with Gasteiger partial charge < -0.3 is 19.7 Å². The van der Waals surface area contributed by atoms with Crippen molar-refractivity contribution in [1.82, 2.24) is 10.2 Å². The van der Waals surface area contributed by atoms with Crippen LogP contribution < -0.4 is 14.8 Å². The molecule has 6 heteroatoms. The maximum absolute atomic E-state index is 12.8. The summed E-state index contributed by atoms with van der Waals surface area (Å²) >= 11 is 0. The van der Waals surface area contributed by atoms with Crippen LogP contribution in [0.1, 0.15) is 55.3 Å². The fourth-order valence-electron chi connectivity index (χ4n) is 4.02. The SMILES string of the molecule is COc1cc(OC)cc(C(=O)N2CCC(C(=O)NC3CCCCC3)CC2)c1. The summed E-state index contributed by atoms with van der Waals surface area (Å²) in [6.45, 7) is 1.20. The van der Waals surface area contributed by atoms with Gasteiger partial charge in [-0.25, -0.2) is 0 Å². The smallest absolute Gasteiger partial charge is 0.254 e. The predicted molar refractivity (Wildman–Crippen MR) is 103 cm³/mol. The van der Waals surface area contributed by atoms with Gasteiger partial charge in [-0.3, -0.25) is 9.59 Å². The molecule has 1 aliphatic heterocycles. The molecular weight excluding hydrogens is 344 g/mol. The second-order valence-corrected chi connectivity index (χ2v) is 7.51. The molecule has 2 amide bonds. The second-order valence-electron chi connectivity index (χ2n) is 7.51. The van der Waals surface area contributed by atoms with Crippen molar-refractivity contribution in [3.8, 4) is 11.5 Å². The van der Waals surface area contributed by atoms with E-state index in [0.717, 1.165) is 12.8 Å². The number of hydrogen-bond donors (Lipinski definition) is 1. The van der Waals surface area contributed by atoms with Crippen molar-refractivity contribution in [2.75, 3.05) is 27.3 Å². The molecule has 0 unspecified atom stereocenters. The van der Waals surface area contributed by atoms with Crippen molar-refractivity contribution in [2.45, 2.75) is 51.0 Å². The van der Waals surface area contributed by atoms with E-state index in [0.29, 0.717) is 49.0 Å². The number of nitrogens with zero attached hydrogens (tertiary/aromatic N) is 1. The number of methoxy groups -OCH3 is 2. The molecule has 1 saturated heterocycles. The molecule has 0 atom stereocenters. The van der Waals surface area contributed by atoms with Crippen molar-refractivity contribution in [2.24, 2.45) is 5.92 Å². The fraction of sp³-hybridized carbons (Fsp3) is 0.619. The number of carbonyl (C=O) groups excluding carboxylic acids is 2. The molecule has 1 aromatic carbocycles. The van der Waals surface area contributed by atoms with Crippen LogP contribution in [0, 0.1) is 5.92 Å². The molecule has 0 bridgehead atoms. The lowest BCUT2D eigenvalue weighted by atomic mass is 9.92. The average molecular weight is 374 g/mol. The van der Waals surface area contributed by atoms with E-state index in [9.17, 15) is 9.59 Å². The van der Waals surface area contributed by atoms with Gasteiger partial charge in [-0.05, 0) is 37.8 Å². The lowest BCUT2D eigenvalue weighted by Crippen LogP contribution is -2.45. The van der Waals surface area contributed by atoms with Gasteiger partial charge in [-0.15, -0.1) is 0 Å². The molecule has 1 N–H and O–H groups in total. The zero-order valence-electron chi connectivity index (χ0n) is 16.3. The van der Waals surface area contributed by atoms with Gasteiger partial charge in [-0.2, -0.15) is 0 Å². The maximum atomic E-state index is 12.8. The number of amides is 2. The molecule has 0 spiro atoms. The molecule has 27 heavy (non-hydrogen) atoms. The van der Waals surface area contributed by atoms with E-state index in [4.69, 9.17) is 9.47 Å². The summed E-state index contributed by atoms with van der Waals surface area (Å²) in [7, 11) is 3.14. The van der Waals surface area contributed by atoms with Gasteiger partial charge in [0.1, 0.15) is 11.5 Å². The molecule has 1 aliphatic carbocycles. The standard InChI is InChI=1S/C21H30N2O4/c1-26-18-12-16(13-19(14-18)27-2)21(25)23-10-8-15(9-11-23)20(24)22-17-6-4-3-5-7-17/h12-15,17H,3-11H2,1-2H3,(H,22,24). The van der Waals surface area contributed by atoms with Crippen molar-refractivity contribution >= 4 is 11.8 Å². The average Bonchev–Trinajstić information content (AvgIpc) is 2.73. The highest BCUT2D eigenvalue weighted by Gasteiger charge is 2.29. The third kappa shape index (κ3) is 4.93. The minimum Gasteiger partial charge on any atom is -0.497 e. The quantitative estimate of drug-likeness (QED) is 0.860. The monoisotopic (exact) mass is 374 g/mol. The van der Waals surface area contributed by atoms with Gasteiger partial charge in [0.15, 0.2) is 0 Å². The van der Waals surface area contributed by atoms with E-state index >= 15 is 0 Å². The Labute approximate surface area is 161 Å². The third-order valence-electron chi connectivity index (χ3n) is 5.70. The lowest BCUT2D eigenvalue weighted by molar-refractivity contribution is -0.127. The molecule has 1 aromatic rings. The van der Waals surface area contributed by atoms with E-state index < -0.39 is 0 Å². The molecule has 1 saturated carbocycles. The molecular formula is C21H30N2O4. The molecule has 6 nitrogen and oxygen atoms in total. The van der Waals surface area contributed by atoms with Gasteiger partial charge >= 0.3 is 0 Å². The number of hydrogen-bond acceptors (Lipinski definition) is 4. The minimum absolute atomic E-state index is 0.0100. The summed E-state index contributed by atoms with van der Waals surface area (Å²) in [5.41, 5.74) is 0.552. The largest absolute Gasteiger partial charge is 0.497 e. The number of benzene rings is 1. The van der Waals surface area contributed by atoms with Crippen LogP contribution in [-0.2, 0) is 4.79 Å². The van der Waals surface area contributed by atoms with Gasteiger partial charge in [0, 0.05) is 36.7 Å². The Balaban J connectivity index is 1.55. The third-order valence-corrected chi connectivity index (χ3v) is 5.70. The van der Waals surface area contributed by atoms with E-state index in [2.05, 4.69) is 5.32 Å². The summed E-state index contributed by atoms with van der Waals surface area (Å²) in [6.07, 6.45) is 7.32. The topological polar surface area (TPSA) is 67.9 Å². The Hall–Kier alpha value is -2.24.